The van der Waals surface area contributed by atoms with Crippen LogP contribution >= 0.6 is 0 Å². The lowest BCUT2D eigenvalue weighted by Crippen LogP contribution is -2.32. The van der Waals surface area contributed by atoms with Gasteiger partial charge < -0.3 is 5.32 Å². The molecule has 0 aliphatic carbocycles. The number of nitrogens with zero attached hydrogens (tertiary/aromatic N) is 1. The Morgan fingerprint density at radius 3 is 2.85 bits per heavy atom. The van der Waals surface area contributed by atoms with Gasteiger partial charge in [-0.05, 0) is 30.7 Å². The van der Waals surface area contributed by atoms with Gasteiger partial charge in [0.25, 0.3) is 0 Å². The van der Waals surface area contributed by atoms with Crippen LogP contribution < -0.4 is 5.32 Å². The van der Waals surface area contributed by atoms with Crippen molar-refractivity contribution in [1.29, 1.82) is 0 Å². The maximum absolute atomic E-state index is 13.5. The molecule has 2 aromatic rings. The molecule has 0 radical (unpaired) electrons. The third-order valence-corrected chi connectivity index (χ3v) is 4.05. The molecule has 0 bridgehead atoms. The predicted molar refractivity (Wildman–Crippen MR) is 77.7 cm³/mol. The molecule has 0 saturated carbocycles. The zero-order chi connectivity index (χ0) is 14.8. The van der Waals surface area contributed by atoms with Crippen molar-refractivity contribution in [2.45, 2.75) is 19.5 Å². The van der Waals surface area contributed by atoms with E-state index in [9.17, 15) is 12.8 Å². The smallest absolute Gasteiger partial charge is 0.148 e. The third-order valence-electron chi connectivity index (χ3n) is 2.94. The zero-order valence-electron chi connectivity index (χ0n) is 11.4. The van der Waals surface area contributed by atoms with E-state index in [1.807, 2.05) is 0 Å². The first kappa shape index (κ1) is 14.9. The number of hydrogen-bond donors (Lipinski definition) is 1. The minimum atomic E-state index is -3.03. The normalized spacial score (nSPS) is 13.6. The summed E-state index contributed by atoms with van der Waals surface area (Å²) in [6, 6.07) is 6.22. The van der Waals surface area contributed by atoms with Gasteiger partial charge in [-0.3, -0.25) is 4.98 Å². The van der Waals surface area contributed by atoms with Crippen LogP contribution in [0.3, 0.4) is 0 Å². The summed E-state index contributed by atoms with van der Waals surface area (Å²) in [4.78, 5) is 4.25. The molecule has 1 aromatic carbocycles. The summed E-state index contributed by atoms with van der Waals surface area (Å²) in [5, 5.41) is 3.83. The first-order chi connectivity index (χ1) is 9.35. The predicted octanol–water partition coefficient (Wildman–Crippen LogP) is 1.90. The molecule has 1 N–H and O–H groups in total. The zero-order valence-corrected chi connectivity index (χ0v) is 12.2. The number of fused-ring (bicyclic) bond motifs is 1. The molecule has 1 atom stereocenters. The van der Waals surface area contributed by atoms with Gasteiger partial charge in [0.05, 0.1) is 11.3 Å². The summed E-state index contributed by atoms with van der Waals surface area (Å²) in [6.07, 6.45) is 2.86. The molecule has 0 aliphatic rings. The van der Waals surface area contributed by atoms with E-state index in [-0.39, 0.29) is 17.6 Å². The van der Waals surface area contributed by atoms with Crippen molar-refractivity contribution < 1.29 is 12.8 Å². The van der Waals surface area contributed by atoms with E-state index in [2.05, 4.69) is 10.3 Å². The van der Waals surface area contributed by atoms with Gasteiger partial charge >= 0.3 is 0 Å². The van der Waals surface area contributed by atoms with E-state index in [1.165, 1.54) is 18.4 Å². The number of aromatic nitrogens is 1. The van der Waals surface area contributed by atoms with Gasteiger partial charge in [-0.1, -0.05) is 6.07 Å². The minimum absolute atomic E-state index is 0.0493. The molecule has 1 aromatic heterocycles. The van der Waals surface area contributed by atoms with Gasteiger partial charge in [-0.15, -0.1) is 0 Å². The molecule has 2 rings (SSSR count). The topological polar surface area (TPSA) is 59.1 Å². The maximum atomic E-state index is 13.5. The van der Waals surface area contributed by atoms with Gasteiger partial charge in [-0.2, -0.15) is 0 Å². The van der Waals surface area contributed by atoms with Crippen LogP contribution in [-0.2, 0) is 16.4 Å². The monoisotopic (exact) mass is 296 g/mol. The number of benzene rings is 1. The number of halogens is 1. The van der Waals surface area contributed by atoms with Crippen LogP contribution in [0.2, 0.25) is 0 Å². The Hall–Kier alpha value is -1.53. The number of nitrogens with one attached hydrogen (secondary N) is 1. The molecule has 108 valence electrons. The molecule has 0 spiro atoms. The van der Waals surface area contributed by atoms with Gasteiger partial charge in [0.1, 0.15) is 15.7 Å². The molecule has 6 heteroatoms. The average Bonchev–Trinajstić information content (AvgIpc) is 2.33. The summed E-state index contributed by atoms with van der Waals surface area (Å²) in [5.41, 5.74) is 1.45. The van der Waals surface area contributed by atoms with Crippen LogP contribution in [0.1, 0.15) is 12.5 Å². The highest BCUT2D eigenvalue weighted by atomic mass is 32.2. The van der Waals surface area contributed by atoms with Gasteiger partial charge in [0.2, 0.25) is 0 Å². The van der Waals surface area contributed by atoms with Gasteiger partial charge in [-0.25, -0.2) is 12.8 Å². The summed E-state index contributed by atoms with van der Waals surface area (Å²) in [5.74, 6) is -0.272. The maximum Gasteiger partial charge on any atom is 0.148 e. The molecule has 0 unspecified atom stereocenters. The van der Waals surface area contributed by atoms with Gasteiger partial charge in [0, 0.05) is 30.4 Å². The standard InChI is InChI=1S/C14H17FN2O2S/c1-10(9-20(2,18)19)17-8-12-7-13(15)6-11-4-3-5-16-14(11)12/h3-7,10,17H,8-9H2,1-2H3/t10-/m1/s1. The lowest BCUT2D eigenvalue weighted by atomic mass is 10.1. The van der Waals surface area contributed by atoms with Gasteiger partial charge in [0.15, 0.2) is 0 Å². The van der Waals surface area contributed by atoms with Crippen molar-refractivity contribution in [2.24, 2.45) is 0 Å². The number of hydrogen-bond acceptors (Lipinski definition) is 4. The summed E-state index contributed by atoms with van der Waals surface area (Å²) in [6.45, 7) is 2.16. The fourth-order valence-corrected chi connectivity index (χ4v) is 3.19. The quantitative estimate of drug-likeness (QED) is 0.915. The highest BCUT2D eigenvalue weighted by Crippen LogP contribution is 2.18. The molecule has 1 heterocycles. The molecule has 20 heavy (non-hydrogen) atoms. The number of sulfone groups is 1. The third kappa shape index (κ3) is 3.98. The number of pyridine rings is 1. The van der Waals surface area contributed by atoms with Crippen molar-refractivity contribution in [3.05, 3.63) is 41.8 Å². The van der Waals surface area contributed by atoms with Crippen LogP contribution in [0.25, 0.3) is 10.9 Å². The molecule has 0 amide bonds. The Bertz CT molecular complexity index is 716. The fraction of sp³-hybridized carbons (Fsp3) is 0.357. The van der Waals surface area contributed by atoms with Crippen molar-refractivity contribution >= 4 is 20.7 Å². The lowest BCUT2D eigenvalue weighted by Gasteiger charge is -2.13. The van der Waals surface area contributed by atoms with Crippen molar-refractivity contribution in [1.82, 2.24) is 10.3 Å². The summed E-state index contributed by atoms with van der Waals surface area (Å²) < 4.78 is 36.0. The fourth-order valence-electron chi connectivity index (χ4n) is 2.16. The minimum Gasteiger partial charge on any atom is -0.309 e. The lowest BCUT2D eigenvalue weighted by molar-refractivity contribution is 0.558. The molecule has 4 nitrogen and oxygen atoms in total. The Balaban J connectivity index is 2.17. The van der Waals surface area contributed by atoms with E-state index in [1.54, 1.807) is 25.3 Å². The largest absolute Gasteiger partial charge is 0.309 e. The molecular formula is C14H17FN2O2S. The van der Waals surface area contributed by atoms with E-state index < -0.39 is 9.84 Å². The van der Waals surface area contributed by atoms with Crippen LogP contribution in [-0.4, -0.2) is 31.5 Å². The average molecular weight is 296 g/mol. The van der Waals surface area contributed by atoms with E-state index in [4.69, 9.17) is 0 Å². The first-order valence-electron chi connectivity index (χ1n) is 6.29. The molecule has 0 fully saturated rings. The molecule has 0 aliphatic heterocycles. The SMILES string of the molecule is C[C@H](CS(C)(=O)=O)NCc1cc(F)cc2cccnc12. The van der Waals surface area contributed by atoms with Crippen molar-refractivity contribution in [3.63, 3.8) is 0 Å². The Labute approximate surface area is 117 Å². The second kappa shape index (κ2) is 5.85. The van der Waals surface area contributed by atoms with E-state index in [0.29, 0.717) is 6.54 Å². The summed E-state index contributed by atoms with van der Waals surface area (Å²) >= 11 is 0. The van der Waals surface area contributed by atoms with Crippen LogP contribution in [0, 0.1) is 5.82 Å². The first-order valence-corrected chi connectivity index (χ1v) is 8.35. The van der Waals surface area contributed by atoms with Crippen molar-refractivity contribution in [3.8, 4) is 0 Å². The van der Waals surface area contributed by atoms with E-state index in [0.717, 1.165) is 16.5 Å². The Morgan fingerprint density at radius 1 is 1.40 bits per heavy atom. The molecular weight excluding hydrogens is 279 g/mol. The summed E-state index contributed by atoms with van der Waals surface area (Å²) in [7, 11) is -3.03. The Morgan fingerprint density at radius 2 is 2.15 bits per heavy atom. The van der Waals surface area contributed by atoms with Crippen LogP contribution in [0.15, 0.2) is 30.5 Å². The molecule has 0 saturated heterocycles. The van der Waals surface area contributed by atoms with E-state index >= 15 is 0 Å². The Kier molecular flexibility index (Phi) is 4.35. The van der Waals surface area contributed by atoms with Crippen LogP contribution in [0.4, 0.5) is 4.39 Å². The highest BCUT2D eigenvalue weighted by molar-refractivity contribution is 7.90. The highest BCUT2D eigenvalue weighted by Gasteiger charge is 2.11. The van der Waals surface area contributed by atoms with Crippen molar-refractivity contribution in [2.75, 3.05) is 12.0 Å². The number of rotatable bonds is 5. The second-order valence-corrected chi connectivity index (χ2v) is 7.20. The van der Waals surface area contributed by atoms with Crippen LogP contribution in [0.5, 0.6) is 0 Å². The second-order valence-electron chi connectivity index (χ2n) is 5.01.